The molecule has 0 bridgehead atoms. The van der Waals surface area contributed by atoms with Gasteiger partial charge in [0.2, 0.25) is 10.0 Å². The van der Waals surface area contributed by atoms with Crippen LogP contribution in [0, 0.1) is 0 Å². The Morgan fingerprint density at radius 1 is 1.00 bits per heavy atom. The van der Waals surface area contributed by atoms with E-state index >= 15 is 0 Å². The summed E-state index contributed by atoms with van der Waals surface area (Å²) in [6.07, 6.45) is 3.14. The van der Waals surface area contributed by atoms with Crippen molar-refractivity contribution >= 4 is 33.5 Å². The number of hydrogen-bond donors (Lipinski definition) is 0. The normalized spacial score (nSPS) is 16.0. The lowest BCUT2D eigenvalue weighted by molar-refractivity contribution is 0.0730. The standard InChI is InChI=1S/C19H18ClNO4S/c20-17-6-1-15(2-7-17)3-10-19(22)16-4-8-18(9-5-16)26(23,24)21-11-13-25-14-12-21/h1-10H,11-14H2/b10-3+. The van der Waals surface area contributed by atoms with E-state index in [1.807, 2.05) is 12.1 Å². The van der Waals surface area contributed by atoms with Gasteiger partial charge >= 0.3 is 0 Å². The predicted molar refractivity (Wildman–Crippen MR) is 101 cm³/mol. The van der Waals surface area contributed by atoms with Gasteiger partial charge in [-0.1, -0.05) is 29.8 Å². The van der Waals surface area contributed by atoms with Gasteiger partial charge in [-0.15, -0.1) is 0 Å². The Bertz CT molecular complexity index is 900. The molecule has 3 rings (SSSR count). The summed E-state index contributed by atoms with van der Waals surface area (Å²) >= 11 is 5.83. The highest BCUT2D eigenvalue weighted by atomic mass is 35.5. The smallest absolute Gasteiger partial charge is 0.243 e. The minimum absolute atomic E-state index is 0.178. The maximum Gasteiger partial charge on any atom is 0.243 e. The zero-order valence-corrected chi connectivity index (χ0v) is 15.5. The minimum Gasteiger partial charge on any atom is -0.379 e. The zero-order valence-electron chi connectivity index (χ0n) is 14.0. The molecule has 0 atom stereocenters. The van der Waals surface area contributed by atoms with Crippen LogP contribution in [-0.4, -0.2) is 44.8 Å². The van der Waals surface area contributed by atoms with Crippen molar-refractivity contribution in [1.29, 1.82) is 0 Å². The van der Waals surface area contributed by atoms with Crippen LogP contribution in [0.25, 0.3) is 6.08 Å². The van der Waals surface area contributed by atoms with Gasteiger partial charge in [0, 0.05) is 23.7 Å². The van der Waals surface area contributed by atoms with Gasteiger partial charge in [0.25, 0.3) is 0 Å². The molecule has 2 aromatic carbocycles. The molecule has 0 spiro atoms. The van der Waals surface area contributed by atoms with Gasteiger partial charge in [0.15, 0.2) is 5.78 Å². The fraction of sp³-hybridized carbons (Fsp3) is 0.211. The Morgan fingerprint density at radius 2 is 1.62 bits per heavy atom. The van der Waals surface area contributed by atoms with Crippen molar-refractivity contribution in [1.82, 2.24) is 4.31 Å². The number of benzene rings is 2. The summed E-state index contributed by atoms with van der Waals surface area (Å²) in [4.78, 5) is 12.4. The number of halogens is 1. The molecule has 0 aromatic heterocycles. The lowest BCUT2D eigenvalue weighted by Crippen LogP contribution is -2.40. The third-order valence-corrected chi connectivity index (χ3v) is 6.21. The number of hydrogen-bond acceptors (Lipinski definition) is 4. The second kappa shape index (κ2) is 8.14. The fourth-order valence-electron chi connectivity index (χ4n) is 2.57. The molecule has 1 fully saturated rings. The van der Waals surface area contributed by atoms with Crippen LogP contribution < -0.4 is 0 Å². The lowest BCUT2D eigenvalue weighted by Gasteiger charge is -2.26. The molecule has 0 N–H and O–H groups in total. The maximum absolute atomic E-state index is 12.6. The first kappa shape index (κ1) is 18.8. The number of rotatable bonds is 5. The molecule has 5 nitrogen and oxygen atoms in total. The van der Waals surface area contributed by atoms with Crippen molar-refractivity contribution in [3.63, 3.8) is 0 Å². The predicted octanol–water partition coefficient (Wildman–Crippen LogP) is 3.26. The van der Waals surface area contributed by atoms with E-state index in [9.17, 15) is 13.2 Å². The summed E-state index contributed by atoms with van der Waals surface area (Å²) in [5, 5.41) is 0.630. The number of nitrogens with zero attached hydrogens (tertiary/aromatic N) is 1. The molecule has 0 aliphatic carbocycles. The van der Waals surface area contributed by atoms with Crippen LogP contribution in [-0.2, 0) is 14.8 Å². The van der Waals surface area contributed by atoms with Gasteiger partial charge in [0.1, 0.15) is 0 Å². The Labute approximate surface area is 157 Å². The van der Waals surface area contributed by atoms with E-state index in [2.05, 4.69) is 0 Å². The van der Waals surface area contributed by atoms with Crippen LogP contribution in [0.15, 0.2) is 59.5 Å². The van der Waals surface area contributed by atoms with Crippen molar-refractivity contribution in [2.75, 3.05) is 26.3 Å². The number of carbonyl (C=O) groups is 1. The molecule has 2 aromatic rings. The first-order valence-electron chi connectivity index (χ1n) is 8.13. The molecule has 1 heterocycles. The summed E-state index contributed by atoms with van der Waals surface area (Å²) in [5.41, 5.74) is 1.28. The second-order valence-electron chi connectivity index (χ2n) is 5.79. The van der Waals surface area contributed by atoms with Crippen molar-refractivity contribution in [2.45, 2.75) is 4.90 Å². The average molecular weight is 392 g/mol. The van der Waals surface area contributed by atoms with Gasteiger partial charge in [-0.2, -0.15) is 4.31 Å². The van der Waals surface area contributed by atoms with Gasteiger partial charge in [-0.3, -0.25) is 4.79 Å². The molecular weight excluding hydrogens is 374 g/mol. The van der Waals surface area contributed by atoms with Crippen LogP contribution in [0.3, 0.4) is 0 Å². The van der Waals surface area contributed by atoms with E-state index in [-0.39, 0.29) is 10.7 Å². The van der Waals surface area contributed by atoms with Crippen molar-refractivity contribution in [3.05, 3.63) is 70.8 Å². The molecule has 0 radical (unpaired) electrons. The van der Waals surface area contributed by atoms with Crippen LogP contribution in [0.5, 0.6) is 0 Å². The fourth-order valence-corrected chi connectivity index (χ4v) is 4.10. The third kappa shape index (κ3) is 4.40. The summed E-state index contributed by atoms with van der Waals surface area (Å²) < 4.78 is 31.7. The van der Waals surface area contributed by atoms with E-state index in [1.54, 1.807) is 18.2 Å². The van der Waals surface area contributed by atoms with Crippen molar-refractivity contribution in [3.8, 4) is 0 Å². The topological polar surface area (TPSA) is 63.7 Å². The molecular formula is C19H18ClNO4S. The van der Waals surface area contributed by atoms with Gasteiger partial charge in [-0.05, 0) is 48.0 Å². The Kier molecular flexibility index (Phi) is 5.88. The van der Waals surface area contributed by atoms with Gasteiger partial charge in [-0.25, -0.2) is 8.42 Å². The van der Waals surface area contributed by atoms with Crippen molar-refractivity contribution < 1.29 is 17.9 Å². The molecule has 0 amide bonds. The highest BCUT2D eigenvalue weighted by molar-refractivity contribution is 7.89. The highest BCUT2D eigenvalue weighted by Gasteiger charge is 2.26. The molecule has 0 unspecified atom stereocenters. The Morgan fingerprint density at radius 3 is 2.23 bits per heavy atom. The quantitative estimate of drug-likeness (QED) is 0.579. The van der Waals surface area contributed by atoms with E-state index in [0.717, 1.165) is 5.56 Å². The molecule has 1 aliphatic rings. The number of sulfonamides is 1. The lowest BCUT2D eigenvalue weighted by atomic mass is 10.1. The van der Waals surface area contributed by atoms with E-state index in [4.69, 9.17) is 16.3 Å². The van der Waals surface area contributed by atoms with Crippen molar-refractivity contribution in [2.24, 2.45) is 0 Å². The van der Waals surface area contributed by atoms with Crippen LogP contribution in [0.2, 0.25) is 5.02 Å². The number of morpholine rings is 1. The van der Waals surface area contributed by atoms with Crippen LogP contribution >= 0.6 is 11.6 Å². The Balaban J connectivity index is 1.72. The number of ketones is 1. The summed E-state index contributed by atoms with van der Waals surface area (Å²) in [5.74, 6) is -0.199. The first-order valence-corrected chi connectivity index (χ1v) is 9.94. The maximum atomic E-state index is 12.6. The number of allylic oxidation sites excluding steroid dienone is 1. The molecule has 136 valence electrons. The summed E-state index contributed by atoms with van der Waals surface area (Å²) in [7, 11) is -3.55. The first-order chi connectivity index (χ1) is 12.5. The highest BCUT2D eigenvalue weighted by Crippen LogP contribution is 2.18. The average Bonchev–Trinajstić information content (AvgIpc) is 2.68. The number of carbonyl (C=O) groups excluding carboxylic acids is 1. The SMILES string of the molecule is O=C(/C=C/c1ccc(Cl)cc1)c1ccc(S(=O)(=O)N2CCOCC2)cc1. The Hall–Kier alpha value is -1.99. The van der Waals surface area contributed by atoms with E-state index in [1.165, 1.54) is 34.6 Å². The molecule has 1 saturated heterocycles. The van der Waals surface area contributed by atoms with Gasteiger partial charge in [0.05, 0.1) is 18.1 Å². The van der Waals surface area contributed by atoms with Gasteiger partial charge < -0.3 is 4.74 Å². The van der Waals surface area contributed by atoms with E-state index < -0.39 is 10.0 Å². The molecule has 7 heteroatoms. The largest absolute Gasteiger partial charge is 0.379 e. The minimum atomic E-state index is -3.55. The summed E-state index contributed by atoms with van der Waals surface area (Å²) in [6.45, 7) is 1.47. The zero-order chi connectivity index (χ0) is 18.6. The second-order valence-corrected chi connectivity index (χ2v) is 8.16. The van der Waals surface area contributed by atoms with Crippen LogP contribution in [0.1, 0.15) is 15.9 Å². The summed E-state index contributed by atoms with van der Waals surface area (Å²) in [6, 6.07) is 13.1. The van der Waals surface area contributed by atoms with E-state index in [0.29, 0.717) is 36.9 Å². The molecule has 1 aliphatic heterocycles. The van der Waals surface area contributed by atoms with Crippen LogP contribution in [0.4, 0.5) is 0 Å². The number of ether oxygens (including phenoxy) is 1. The monoisotopic (exact) mass is 391 g/mol. The molecule has 26 heavy (non-hydrogen) atoms. The molecule has 0 saturated carbocycles. The third-order valence-electron chi connectivity index (χ3n) is 4.04.